The Kier molecular flexibility index (Phi) is 4.98. The molecule has 0 aliphatic carbocycles. The van der Waals surface area contributed by atoms with Gasteiger partial charge >= 0.3 is 0 Å². The highest BCUT2D eigenvalue weighted by Crippen LogP contribution is 2.24. The average Bonchev–Trinajstić information content (AvgIpc) is 2.89. The summed E-state index contributed by atoms with van der Waals surface area (Å²) < 4.78 is 13.7. The van der Waals surface area contributed by atoms with Gasteiger partial charge in [-0.05, 0) is 18.2 Å². The molecule has 0 amide bonds. The molecule has 0 bridgehead atoms. The lowest BCUT2D eigenvalue weighted by atomic mass is 10.3. The lowest BCUT2D eigenvalue weighted by Gasteiger charge is -2.06. The van der Waals surface area contributed by atoms with Crippen LogP contribution in [0.15, 0.2) is 29.4 Å². The summed E-state index contributed by atoms with van der Waals surface area (Å²) in [6.45, 7) is 0.285. The molecule has 1 atom stereocenters. The van der Waals surface area contributed by atoms with E-state index in [4.69, 9.17) is 33.7 Å². The third-order valence-corrected chi connectivity index (χ3v) is 4.76. The predicted molar refractivity (Wildman–Crippen MR) is 79.4 cm³/mol. The van der Waals surface area contributed by atoms with Crippen molar-refractivity contribution in [3.8, 4) is 12.1 Å². The van der Waals surface area contributed by atoms with Gasteiger partial charge in [-0.2, -0.15) is 10.5 Å². The summed E-state index contributed by atoms with van der Waals surface area (Å²) in [5.41, 5.74) is 0.218. The Balaban J connectivity index is 2.16. The number of aryl methyl sites for hydroxylation is 1. The Morgan fingerprint density at radius 3 is 2.71 bits per heavy atom. The van der Waals surface area contributed by atoms with Crippen molar-refractivity contribution in [1.82, 2.24) is 9.55 Å². The maximum Gasteiger partial charge on any atom is 0.176 e. The van der Waals surface area contributed by atoms with Crippen molar-refractivity contribution < 1.29 is 4.21 Å². The number of imidazole rings is 1. The summed E-state index contributed by atoms with van der Waals surface area (Å²) in [6, 6.07) is 8.50. The summed E-state index contributed by atoms with van der Waals surface area (Å²) in [5, 5.41) is 18.7. The minimum Gasteiger partial charge on any atom is -0.320 e. The molecule has 1 aromatic heterocycles. The van der Waals surface area contributed by atoms with E-state index < -0.39 is 10.8 Å². The van der Waals surface area contributed by atoms with E-state index in [1.54, 1.807) is 18.2 Å². The molecule has 106 valence electrons. The van der Waals surface area contributed by atoms with E-state index in [2.05, 4.69) is 4.98 Å². The first-order valence-corrected chi connectivity index (χ1v) is 7.83. The van der Waals surface area contributed by atoms with Crippen LogP contribution in [0.25, 0.3) is 0 Å². The smallest absolute Gasteiger partial charge is 0.176 e. The van der Waals surface area contributed by atoms with Crippen molar-refractivity contribution in [2.24, 2.45) is 0 Å². The van der Waals surface area contributed by atoms with E-state index >= 15 is 0 Å². The molecule has 0 saturated carbocycles. The van der Waals surface area contributed by atoms with Crippen LogP contribution in [0, 0.1) is 22.7 Å². The van der Waals surface area contributed by atoms with E-state index in [0.29, 0.717) is 14.9 Å². The van der Waals surface area contributed by atoms with Gasteiger partial charge in [-0.1, -0.05) is 23.2 Å². The van der Waals surface area contributed by atoms with E-state index in [1.807, 2.05) is 12.1 Å². The van der Waals surface area contributed by atoms with Gasteiger partial charge in [0.1, 0.15) is 12.1 Å². The molecule has 0 spiro atoms. The quantitative estimate of drug-likeness (QED) is 0.857. The van der Waals surface area contributed by atoms with Gasteiger partial charge in [-0.15, -0.1) is 0 Å². The highest BCUT2D eigenvalue weighted by atomic mass is 35.5. The topological polar surface area (TPSA) is 82.5 Å². The molecule has 0 aliphatic rings. The molecular weight excluding hydrogens is 331 g/mol. The highest BCUT2D eigenvalue weighted by Gasteiger charge is 2.13. The Bertz CT molecular complexity index is 788. The SMILES string of the molecule is N#Cc1ncn(CCS(=O)c2cc(Cl)ccc2Cl)c1C#N. The Labute approximate surface area is 133 Å². The van der Waals surface area contributed by atoms with Gasteiger partial charge in [-0.3, -0.25) is 4.21 Å². The Morgan fingerprint density at radius 1 is 1.29 bits per heavy atom. The van der Waals surface area contributed by atoms with Crippen molar-refractivity contribution in [1.29, 1.82) is 10.5 Å². The van der Waals surface area contributed by atoms with Gasteiger partial charge in [0.15, 0.2) is 11.4 Å². The number of hydrogen-bond acceptors (Lipinski definition) is 4. The van der Waals surface area contributed by atoms with Crippen LogP contribution in [0.3, 0.4) is 0 Å². The largest absolute Gasteiger partial charge is 0.320 e. The van der Waals surface area contributed by atoms with Gasteiger partial charge in [0.05, 0.1) is 27.0 Å². The monoisotopic (exact) mass is 338 g/mol. The van der Waals surface area contributed by atoms with Crippen LogP contribution >= 0.6 is 23.2 Å². The van der Waals surface area contributed by atoms with E-state index in [-0.39, 0.29) is 23.7 Å². The second-order valence-electron chi connectivity index (χ2n) is 3.98. The molecule has 2 aromatic rings. The zero-order valence-electron chi connectivity index (χ0n) is 10.6. The Morgan fingerprint density at radius 2 is 2.05 bits per heavy atom. The van der Waals surface area contributed by atoms with Gasteiger partial charge in [-0.25, -0.2) is 4.98 Å². The minimum atomic E-state index is -1.37. The molecule has 0 N–H and O–H groups in total. The molecular formula is C13H8Cl2N4OS. The summed E-state index contributed by atoms with van der Waals surface area (Å²) in [4.78, 5) is 4.27. The first-order chi connectivity index (χ1) is 10.1. The normalized spacial score (nSPS) is 11.6. The van der Waals surface area contributed by atoms with Gasteiger partial charge in [0, 0.05) is 17.3 Å². The van der Waals surface area contributed by atoms with Crippen molar-refractivity contribution in [2.45, 2.75) is 11.4 Å². The van der Waals surface area contributed by atoms with E-state index in [0.717, 1.165) is 0 Å². The number of nitrogens with zero attached hydrogens (tertiary/aromatic N) is 4. The first kappa shape index (κ1) is 15.5. The predicted octanol–water partition coefficient (Wildman–Crippen LogP) is 2.74. The lowest BCUT2D eigenvalue weighted by molar-refractivity contribution is 0.672. The average molecular weight is 339 g/mol. The maximum absolute atomic E-state index is 12.3. The first-order valence-electron chi connectivity index (χ1n) is 5.75. The molecule has 2 rings (SSSR count). The molecule has 1 heterocycles. The van der Waals surface area contributed by atoms with E-state index in [9.17, 15) is 4.21 Å². The molecule has 21 heavy (non-hydrogen) atoms. The molecule has 0 aliphatic heterocycles. The molecule has 1 aromatic carbocycles. The van der Waals surface area contributed by atoms with Crippen LogP contribution < -0.4 is 0 Å². The van der Waals surface area contributed by atoms with Crippen LogP contribution in [0.2, 0.25) is 10.0 Å². The van der Waals surface area contributed by atoms with Gasteiger partial charge in [0.2, 0.25) is 0 Å². The van der Waals surface area contributed by atoms with Crippen molar-refractivity contribution in [2.75, 3.05) is 5.75 Å². The fourth-order valence-electron chi connectivity index (χ4n) is 1.69. The second-order valence-corrected chi connectivity index (χ2v) is 6.37. The van der Waals surface area contributed by atoms with Crippen molar-refractivity contribution >= 4 is 34.0 Å². The number of hydrogen-bond donors (Lipinski definition) is 0. The number of nitriles is 2. The highest BCUT2D eigenvalue weighted by molar-refractivity contribution is 7.85. The standard InChI is InChI=1S/C13H8Cl2N4OS/c14-9-1-2-10(15)13(5-9)21(20)4-3-19-8-18-11(6-16)12(19)7-17/h1-2,5,8H,3-4H2. The second kappa shape index (κ2) is 6.73. The summed E-state index contributed by atoms with van der Waals surface area (Å²) in [5.74, 6) is 0.232. The summed E-state index contributed by atoms with van der Waals surface area (Å²) in [6.07, 6.45) is 1.38. The molecule has 5 nitrogen and oxygen atoms in total. The van der Waals surface area contributed by atoms with Crippen molar-refractivity contribution in [3.05, 3.63) is 46.0 Å². The van der Waals surface area contributed by atoms with Crippen molar-refractivity contribution in [3.63, 3.8) is 0 Å². The number of halogens is 2. The maximum atomic E-state index is 12.3. The Hall–Kier alpha value is -1.86. The molecule has 0 radical (unpaired) electrons. The molecule has 0 fully saturated rings. The fraction of sp³-hybridized carbons (Fsp3) is 0.154. The third kappa shape index (κ3) is 3.43. The van der Waals surface area contributed by atoms with Crippen LogP contribution in [0.4, 0.5) is 0 Å². The number of benzene rings is 1. The van der Waals surface area contributed by atoms with Crippen LogP contribution in [0.5, 0.6) is 0 Å². The van der Waals surface area contributed by atoms with Crippen LogP contribution in [0.1, 0.15) is 11.4 Å². The summed E-state index contributed by atoms with van der Waals surface area (Å²) >= 11 is 11.9. The van der Waals surface area contributed by atoms with Crippen LogP contribution in [-0.2, 0) is 17.3 Å². The molecule has 1 unspecified atom stereocenters. The lowest BCUT2D eigenvalue weighted by Crippen LogP contribution is -2.09. The minimum absolute atomic E-state index is 0.0593. The van der Waals surface area contributed by atoms with Gasteiger partial charge in [0.25, 0.3) is 0 Å². The summed E-state index contributed by atoms with van der Waals surface area (Å²) in [7, 11) is -1.37. The number of rotatable bonds is 4. The van der Waals surface area contributed by atoms with E-state index in [1.165, 1.54) is 10.9 Å². The zero-order chi connectivity index (χ0) is 15.4. The third-order valence-electron chi connectivity index (χ3n) is 2.71. The fourth-order valence-corrected chi connectivity index (χ4v) is 3.43. The zero-order valence-corrected chi connectivity index (χ0v) is 12.9. The molecule has 0 saturated heterocycles. The molecule has 8 heteroatoms. The van der Waals surface area contributed by atoms with Gasteiger partial charge < -0.3 is 4.57 Å². The number of aromatic nitrogens is 2. The van der Waals surface area contributed by atoms with Crippen LogP contribution in [-0.4, -0.2) is 19.5 Å².